The number of allylic oxidation sites excluding steroid dienone is 1. The van der Waals surface area contributed by atoms with Crippen LogP contribution in [0.5, 0.6) is 0 Å². The van der Waals surface area contributed by atoms with E-state index in [-0.39, 0.29) is 0 Å². The van der Waals surface area contributed by atoms with Crippen LogP contribution in [0.1, 0.15) is 39.8 Å². The van der Waals surface area contributed by atoms with Gasteiger partial charge in [-0.15, -0.1) is 0 Å². The van der Waals surface area contributed by atoms with Crippen molar-refractivity contribution in [3.63, 3.8) is 0 Å². The third-order valence-corrected chi connectivity index (χ3v) is 1.82. The summed E-state index contributed by atoms with van der Waals surface area (Å²) < 4.78 is 2.09. The van der Waals surface area contributed by atoms with Crippen molar-refractivity contribution in [3.8, 4) is 0 Å². The first-order valence-corrected chi connectivity index (χ1v) is 5.75. The van der Waals surface area contributed by atoms with Crippen LogP contribution in [0.2, 0.25) is 0 Å². The Balaban J connectivity index is 0.000000442. The van der Waals surface area contributed by atoms with Crippen molar-refractivity contribution in [2.24, 2.45) is 4.99 Å². The van der Waals surface area contributed by atoms with Gasteiger partial charge in [0.2, 0.25) is 0 Å². The fourth-order valence-corrected chi connectivity index (χ4v) is 1.21. The highest BCUT2D eigenvalue weighted by Crippen LogP contribution is 2.18. The van der Waals surface area contributed by atoms with Gasteiger partial charge in [0.05, 0.1) is 0 Å². The maximum atomic E-state index is 4.28. The first-order chi connectivity index (χ1) is 7.38. The molecule has 2 nitrogen and oxygen atoms in total. The smallest absolute Gasteiger partial charge is 0.136 e. The van der Waals surface area contributed by atoms with Gasteiger partial charge in [0.1, 0.15) is 5.82 Å². The molecule has 0 radical (unpaired) electrons. The standard InChI is InChI=1S/C9H10N2.2C2H6/c1-8-4-5-9-10-6-2-3-7-11(8)9;2*1-2/h3-7H,2H2,1H3;2*1-2H3. The van der Waals surface area contributed by atoms with Crippen molar-refractivity contribution in [1.29, 1.82) is 0 Å². The lowest BCUT2D eigenvalue weighted by atomic mass is 10.4. The van der Waals surface area contributed by atoms with Crippen molar-refractivity contribution in [2.75, 3.05) is 0 Å². The summed E-state index contributed by atoms with van der Waals surface area (Å²) in [6.07, 6.45) is 7.03. The normalized spacial score (nSPS) is 11.5. The Labute approximate surface area is 93.3 Å². The van der Waals surface area contributed by atoms with E-state index in [4.69, 9.17) is 0 Å². The number of rotatable bonds is 0. The van der Waals surface area contributed by atoms with Crippen molar-refractivity contribution in [2.45, 2.75) is 41.0 Å². The molecule has 1 aromatic rings. The molecule has 0 aromatic carbocycles. The molecule has 1 aromatic heterocycles. The van der Waals surface area contributed by atoms with Gasteiger partial charge in [-0.25, -0.2) is 4.99 Å². The number of nitrogens with zero attached hydrogens (tertiary/aromatic N) is 2. The second-order valence-corrected chi connectivity index (χ2v) is 2.64. The van der Waals surface area contributed by atoms with Crippen LogP contribution in [0.25, 0.3) is 6.20 Å². The van der Waals surface area contributed by atoms with Crippen LogP contribution >= 0.6 is 0 Å². The molecule has 0 N–H and O–H groups in total. The fourth-order valence-electron chi connectivity index (χ4n) is 1.21. The van der Waals surface area contributed by atoms with Gasteiger partial charge in [0.15, 0.2) is 0 Å². The molecule has 0 atom stereocenters. The van der Waals surface area contributed by atoms with Crippen molar-refractivity contribution >= 4 is 18.2 Å². The molecule has 1 aliphatic rings. The summed E-state index contributed by atoms with van der Waals surface area (Å²) in [5, 5.41) is 0. The van der Waals surface area contributed by atoms with Crippen LogP contribution in [0.3, 0.4) is 0 Å². The Morgan fingerprint density at radius 2 is 1.80 bits per heavy atom. The summed E-state index contributed by atoms with van der Waals surface area (Å²) >= 11 is 0. The Bertz CT molecular complexity index is 319. The zero-order chi connectivity index (χ0) is 11.7. The van der Waals surface area contributed by atoms with E-state index in [1.54, 1.807) is 0 Å². The quantitative estimate of drug-likeness (QED) is 0.597. The highest BCUT2D eigenvalue weighted by atomic mass is 15.1. The molecule has 2 heterocycles. The molecule has 0 aliphatic carbocycles. The van der Waals surface area contributed by atoms with E-state index < -0.39 is 0 Å². The second-order valence-electron chi connectivity index (χ2n) is 2.64. The predicted octanol–water partition coefficient (Wildman–Crippen LogP) is 4.43. The van der Waals surface area contributed by atoms with Crippen LogP contribution in [0.15, 0.2) is 23.2 Å². The largest absolute Gasteiger partial charge is 0.306 e. The van der Waals surface area contributed by atoms with Crippen molar-refractivity contribution in [3.05, 3.63) is 23.9 Å². The highest BCUT2D eigenvalue weighted by molar-refractivity contribution is 5.67. The van der Waals surface area contributed by atoms with E-state index in [1.807, 2.05) is 40.0 Å². The number of aromatic nitrogens is 1. The molecule has 2 rings (SSSR count). The van der Waals surface area contributed by atoms with E-state index in [1.165, 1.54) is 5.69 Å². The minimum absolute atomic E-state index is 0.932. The van der Waals surface area contributed by atoms with E-state index in [0.29, 0.717) is 0 Å². The third-order valence-electron chi connectivity index (χ3n) is 1.82. The summed E-state index contributed by atoms with van der Waals surface area (Å²) in [5.41, 5.74) is 1.23. The molecule has 0 saturated heterocycles. The van der Waals surface area contributed by atoms with Crippen molar-refractivity contribution < 1.29 is 0 Å². The van der Waals surface area contributed by atoms with Crippen LogP contribution in [-0.2, 0) is 0 Å². The fraction of sp³-hybridized carbons (Fsp3) is 0.462. The van der Waals surface area contributed by atoms with E-state index >= 15 is 0 Å². The molecule has 1 aliphatic heterocycles. The topological polar surface area (TPSA) is 17.3 Å². The zero-order valence-electron chi connectivity index (χ0n) is 10.5. The van der Waals surface area contributed by atoms with E-state index in [2.05, 4.69) is 34.8 Å². The lowest BCUT2D eigenvalue weighted by molar-refractivity contribution is 1.08. The van der Waals surface area contributed by atoms with Crippen LogP contribution in [-0.4, -0.2) is 10.8 Å². The van der Waals surface area contributed by atoms with Gasteiger partial charge in [-0.05, 0) is 19.1 Å². The number of aryl methyl sites for hydroxylation is 1. The van der Waals surface area contributed by atoms with Gasteiger partial charge in [0, 0.05) is 24.5 Å². The summed E-state index contributed by atoms with van der Waals surface area (Å²) in [5.74, 6) is 1.02. The van der Waals surface area contributed by atoms with Gasteiger partial charge in [-0.1, -0.05) is 33.8 Å². The van der Waals surface area contributed by atoms with Crippen molar-refractivity contribution in [1.82, 2.24) is 4.57 Å². The Morgan fingerprint density at radius 3 is 2.47 bits per heavy atom. The molecule has 2 heteroatoms. The molecule has 0 saturated carbocycles. The molecule has 15 heavy (non-hydrogen) atoms. The Morgan fingerprint density at radius 1 is 1.13 bits per heavy atom. The maximum absolute atomic E-state index is 4.28. The summed E-state index contributed by atoms with van der Waals surface area (Å²) in [6, 6.07) is 4.10. The van der Waals surface area contributed by atoms with Gasteiger partial charge in [-0.3, -0.25) is 0 Å². The van der Waals surface area contributed by atoms with Gasteiger partial charge in [0.25, 0.3) is 0 Å². The number of hydrogen-bond acceptors (Lipinski definition) is 1. The third kappa shape index (κ3) is 3.74. The first kappa shape index (κ1) is 13.7. The van der Waals surface area contributed by atoms with E-state index in [0.717, 1.165) is 12.2 Å². The predicted molar refractivity (Wildman–Crippen MR) is 70.0 cm³/mol. The minimum atomic E-state index is 0.932. The number of hydrogen-bond donors (Lipinski definition) is 0. The summed E-state index contributed by atoms with van der Waals surface area (Å²) in [4.78, 5) is 4.28. The van der Waals surface area contributed by atoms with Gasteiger partial charge in [-0.2, -0.15) is 0 Å². The second kappa shape index (κ2) is 8.04. The molecule has 0 fully saturated rings. The van der Waals surface area contributed by atoms with Gasteiger partial charge < -0.3 is 4.57 Å². The molecular formula is C13H22N2. The highest BCUT2D eigenvalue weighted by Gasteiger charge is 2.00. The molecular weight excluding hydrogens is 184 g/mol. The Hall–Kier alpha value is -1.31. The maximum Gasteiger partial charge on any atom is 0.136 e. The molecule has 0 bridgehead atoms. The van der Waals surface area contributed by atoms with Crippen LogP contribution in [0.4, 0.5) is 5.82 Å². The average Bonchev–Trinajstić information content (AvgIpc) is 2.56. The molecule has 84 valence electrons. The minimum Gasteiger partial charge on any atom is -0.306 e. The van der Waals surface area contributed by atoms with Crippen LogP contribution in [0, 0.1) is 6.92 Å². The molecule has 0 spiro atoms. The number of aliphatic imine (C=N–C) groups is 1. The molecule has 0 amide bonds. The van der Waals surface area contributed by atoms with Gasteiger partial charge >= 0.3 is 0 Å². The zero-order valence-corrected chi connectivity index (χ0v) is 10.5. The first-order valence-electron chi connectivity index (χ1n) is 5.75. The molecule has 0 unspecified atom stereocenters. The lowest BCUT2D eigenvalue weighted by Gasteiger charge is -1.98. The summed E-state index contributed by atoms with van der Waals surface area (Å²) in [6.45, 7) is 10.1. The van der Waals surface area contributed by atoms with E-state index in [9.17, 15) is 0 Å². The average molecular weight is 206 g/mol. The lowest BCUT2D eigenvalue weighted by Crippen LogP contribution is -1.85. The Kier molecular flexibility index (Phi) is 7.33. The monoisotopic (exact) mass is 206 g/mol. The SMILES string of the molecule is CC.CC.Cc1ccc2n1C=CCC=N2. The summed E-state index contributed by atoms with van der Waals surface area (Å²) in [7, 11) is 0. The van der Waals surface area contributed by atoms with Crippen LogP contribution < -0.4 is 0 Å². The number of fused-ring (bicyclic) bond motifs is 1.